The number of aliphatic carboxylic acids is 1. The Morgan fingerprint density at radius 2 is 2.40 bits per heavy atom. The van der Waals surface area contributed by atoms with E-state index in [1.165, 1.54) is 5.56 Å². The van der Waals surface area contributed by atoms with Gasteiger partial charge in [-0.3, -0.25) is 9.69 Å². The number of hydrogen-bond acceptors (Lipinski definition) is 4. The minimum Gasteiger partial charge on any atom is -0.493 e. The number of halogens is 1. The molecule has 1 aromatic carbocycles. The highest BCUT2D eigenvalue weighted by molar-refractivity contribution is 9.10. The zero-order valence-corrected chi connectivity index (χ0v) is 12.6. The van der Waals surface area contributed by atoms with Gasteiger partial charge in [0.15, 0.2) is 0 Å². The largest absolute Gasteiger partial charge is 0.493 e. The zero-order valence-electron chi connectivity index (χ0n) is 11.1. The molecule has 20 heavy (non-hydrogen) atoms. The van der Waals surface area contributed by atoms with Crippen molar-refractivity contribution in [2.75, 3.05) is 26.2 Å². The first-order valence-electron chi connectivity index (χ1n) is 6.77. The summed E-state index contributed by atoms with van der Waals surface area (Å²) in [5.41, 5.74) is 2.27. The van der Waals surface area contributed by atoms with E-state index in [9.17, 15) is 9.90 Å². The molecule has 1 atom stereocenters. The molecule has 1 unspecified atom stereocenters. The van der Waals surface area contributed by atoms with E-state index in [0.29, 0.717) is 19.7 Å². The smallest absolute Gasteiger partial charge is 0.322 e. The maximum atomic E-state index is 11.3. The first-order valence-corrected chi connectivity index (χ1v) is 7.56. The minimum absolute atomic E-state index is 0.472. The normalized spacial score (nSPS) is 22.4. The topological polar surface area (TPSA) is 61.8 Å². The van der Waals surface area contributed by atoms with Crippen molar-refractivity contribution in [3.8, 4) is 5.75 Å². The number of benzene rings is 1. The molecule has 2 N–H and O–H groups in total. The third-order valence-electron chi connectivity index (χ3n) is 3.84. The van der Waals surface area contributed by atoms with Gasteiger partial charge in [-0.15, -0.1) is 0 Å². The highest BCUT2D eigenvalue weighted by atomic mass is 79.9. The molecule has 0 saturated carbocycles. The van der Waals surface area contributed by atoms with Gasteiger partial charge in [-0.05, 0) is 17.7 Å². The van der Waals surface area contributed by atoms with Gasteiger partial charge in [0.05, 0.1) is 6.61 Å². The molecule has 1 aromatic rings. The SMILES string of the molecule is O=C(O)C1CNCCN1Cc1cc(Br)cc2c1OCC2. The lowest BCUT2D eigenvalue weighted by Gasteiger charge is -2.33. The number of carboxylic acids is 1. The summed E-state index contributed by atoms with van der Waals surface area (Å²) in [6.45, 7) is 3.37. The van der Waals surface area contributed by atoms with Crippen LogP contribution in [0.15, 0.2) is 16.6 Å². The number of nitrogens with one attached hydrogen (secondary N) is 1. The number of rotatable bonds is 3. The van der Waals surface area contributed by atoms with E-state index in [4.69, 9.17) is 4.74 Å². The monoisotopic (exact) mass is 340 g/mol. The number of hydrogen-bond donors (Lipinski definition) is 2. The minimum atomic E-state index is -0.773. The predicted octanol–water partition coefficient (Wildman–Crippen LogP) is 1.24. The summed E-state index contributed by atoms with van der Waals surface area (Å²) in [5.74, 6) is 0.167. The van der Waals surface area contributed by atoms with Crippen molar-refractivity contribution < 1.29 is 14.6 Å². The number of fused-ring (bicyclic) bond motifs is 1. The van der Waals surface area contributed by atoms with Crippen LogP contribution in [-0.4, -0.2) is 48.3 Å². The van der Waals surface area contributed by atoms with E-state index in [0.717, 1.165) is 35.3 Å². The van der Waals surface area contributed by atoms with Crippen molar-refractivity contribution in [3.63, 3.8) is 0 Å². The van der Waals surface area contributed by atoms with Crippen LogP contribution in [0.5, 0.6) is 5.75 Å². The summed E-state index contributed by atoms with van der Waals surface area (Å²) in [6.07, 6.45) is 0.922. The van der Waals surface area contributed by atoms with E-state index in [2.05, 4.69) is 27.3 Å². The average Bonchev–Trinajstić information content (AvgIpc) is 2.87. The van der Waals surface area contributed by atoms with Crippen LogP contribution < -0.4 is 10.1 Å². The molecular formula is C14H17BrN2O3. The second-order valence-electron chi connectivity index (χ2n) is 5.18. The summed E-state index contributed by atoms with van der Waals surface area (Å²) < 4.78 is 6.74. The fourth-order valence-electron chi connectivity index (χ4n) is 2.86. The summed E-state index contributed by atoms with van der Waals surface area (Å²) in [6, 6.07) is 3.64. The third kappa shape index (κ3) is 2.68. The molecule has 5 nitrogen and oxygen atoms in total. The molecule has 0 radical (unpaired) electrons. The third-order valence-corrected chi connectivity index (χ3v) is 4.30. The van der Waals surface area contributed by atoms with Crippen molar-refractivity contribution in [2.24, 2.45) is 0 Å². The number of carboxylic acid groups (broad SMARTS) is 1. The van der Waals surface area contributed by atoms with Crippen molar-refractivity contribution >= 4 is 21.9 Å². The molecule has 2 aliphatic heterocycles. The van der Waals surface area contributed by atoms with Gasteiger partial charge >= 0.3 is 5.97 Å². The van der Waals surface area contributed by atoms with E-state index in [-0.39, 0.29) is 0 Å². The van der Waals surface area contributed by atoms with Crippen LogP contribution in [0.2, 0.25) is 0 Å². The van der Waals surface area contributed by atoms with Crippen LogP contribution in [0.3, 0.4) is 0 Å². The first kappa shape index (κ1) is 13.9. The number of ether oxygens (including phenoxy) is 1. The van der Waals surface area contributed by atoms with Gasteiger partial charge in [-0.1, -0.05) is 15.9 Å². The van der Waals surface area contributed by atoms with Crippen LogP contribution in [0, 0.1) is 0 Å². The van der Waals surface area contributed by atoms with Gasteiger partial charge in [-0.2, -0.15) is 0 Å². The van der Waals surface area contributed by atoms with Crippen molar-refractivity contribution in [1.29, 1.82) is 0 Å². The van der Waals surface area contributed by atoms with Gasteiger partial charge in [0.2, 0.25) is 0 Å². The van der Waals surface area contributed by atoms with Gasteiger partial charge in [0.1, 0.15) is 11.8 Å². The quantitative estimate of drug-likeness (QED) is 0.866. The molecule has 3 rings (SSSR count). The molecular weight excluding hydrogens is 324 g/mol. The van der Waals surface area contributed by atoms with Crippen LogP contribution >= 0.6 is 15.9 Å². The molecule has 1 fully saturated rings. The molecule has 2 heterocycles. The fourth-order valence-corrected chi connectivity index (χ4v) is 3.41. The summed E-state index contributed by atoms with van der Waals surface area (Å²) in [5, 5.41) is 12.4. The van der Waals surface area contributed by atoms with Crippen LogP contribution in [0.25, 0.3) is 0 Å². The maximum absolute atomic E-state index is 11.3. The fraction of sp³-hybridized carbons (Fsp3) is 0.500. The number of piperazine rings is 1. The first-order chi connectivity index (χ1) is 9.65. The highest BCUT2D eigenvalue weighted by Gasteiger charge is 2.29. The lowest BCUT2D eigenvalue weighted by molar-refractivity contribution is -0.144. The van der Waals surface area contributed by atoms with Gasteiger partial charge < -0.3 is 15.2 Å². The summed E-state index contributed by atoms with van der Waals surface area (Å²) in [7, 11) is 0. The average molecular weight is 341 g/mol. The van der Waals surface area contributed by atoms with Crippen molar-refractivity contribution in [3.05, 3.63) is 27.7 Å². The second-order valence-corrected chi connectivity index (χ2v) is 6.10. The van der Waals surface area contributed by atoms with Gasteiger partial charge in [0, 0.05) is 42.6 Å². The lowest BCUT2D eigenvalue weighted by Crippen LogP contribution is -2.54. The standard InChI is InChI=1S/C14H17BrN2O3/c15-11-5-9-1-4-20-13(9)10(6-11)8-17-3-2-16-7-12(17)14(18)19/h5-6,12,16H,1-4,7-8H2,(H,18,19). The Kier molecular flexibility index (Phi) is 3.96. The number of nitrogens with zero attached hydrogens (tertiary/aromatic N) is 1. The Bertz CT molecular complexity index is 535. The van der Waals surface area contributed by atoms with Gasteiger partial charge in [0.25, 0.3) is 0 Å². The molecule has 2 aliphatic rings. The Morgan fingerprint density at radius 1 is 1.55 bits per heavy atom. The Morgan fingerprint density at radius 3 is 3.20 bits per heavy atom. The molecule has 0 bridgehead atoms. The molecule has 0 aliphatic carbocycles. The molecule has 0 aromatic heterocycles. The molecule has 0 spiro atoms. The second kappa shape index (κ2) is 5.71. The van der Waals surface area contributed by atoms with Crippen LogP contribution in [0.4, 0.5) is 0 Å². The lowest BCUT2D eigenvalue weighted by atomic mass is 10.1. The Labute approximate surface area is 126 Å². The molecule has 0 amide bonds. The van der Waals surface area contributed by atoms with Crippen LogP contribution in [-0.2, 0) is 17.8 Å². The van der Waals surface area contributed by atoms with E-state index < -0.39 is 12.0 Å². The molecule has 1 saturated heterocycles. The van der Waals surface area contributed by atoms with Crippen molar-refractivity contribution in [2.45, 2.75) is 19.0 Å². The molecule has 108 valence electrons. The summed E-state index contributed by atoms with van der Waals surface area (Å²) >= 11 is 3.52. The van der Waals surface area contributed by atoms with Gasteiger partial charge in [-0.25, -0.2) is 0 Å². The highest BCUT2D eigenvalue weighted by Crippen LogP contribution is 2.34. The maximum Gasteiger partial charge on any atom is 0.322 e. The predicted molar refractivity (Wildman–Crippen MR) is 78.0 cm³/mol. The van der Waals surface area contributed by atoms with E-state index >= 15 is 0 Å². The Hall–Kier alpha value is -1.11. The summed E-state index contributed by atoms with van der Waals surface area (Å²) in [4.78, 5) is 13.3. The zero-order chi connectivity index (χ0) is 14.1. The van der Waals surface area contributed by atoms with E-state index in [1.807, 2.05) is 11.0 Å². The molecule has 6 heteroatoms. The van der Waals surface area contributed by atoms with Crippen LogP contribution in [0.1, 0.15) is 11.1 Å². The van der Waals surface area contributed by atoms with Crippen molar-refractivity contribution in [1.82, 2.24) is 10.2 Å². The van der Waals surface area contributed by atoms with E-state index in [1.54, 1.807) is 0 Å². The number of carbonyl (C=O) groups is 1. The Balaban J connectivity index is 1.85.